The van der Waals surface area contributed by atoms with Crippen LogP contribution >= 0.6 is 23.2 Å². The molecule has 0 aliphatic rings. The molecule has 1 aromatic carbocycles. The average molecular weight is 407 g/mol. The Morgan fingerprint density at radius 1 is 1.22 bits per heavy atom. The maximum atomic E-state index is 12.4. The normalized spacial score (nSPS) is 11.8. The van der Waals surface area contributed by atoms with Crippen LogP contribution in [0.15, 0.2) is 28.9 Å². The highest BCUT2D eigenvalue weighted by molar-refractivity contribution is 6.39. The van der Waals surface area contributed by atoms with Crippen LogP contribution in [0, 0.1) is 5.41 Å². The molecule has 1 amide bonds. The molecule has 7 heteroatoms. The molecule has 142 valence electrons. The summed E-state index contributed by atoms with van der Waals surface area (Å²) in [6, 6.07) is 3.54. The summed E-state index contributed by atoms with van der Waals surface area (Å²) in [7, 11) is 1.54. The third-order valence-electron chi connectivity index (χ3n) is 4.16. The highest BCUT2D eigenvalue weighted by atomic mass is 35.5. The number of benzene rings is 1. The first-order valence-corrected chi connectivity index (χ1v) is 9.11. The monoisotopic (exact) mass is 406 g/mol. The van der Waals surface area contributed by atoms with Crippen LogP contribution in [0.3, 0.4) is 0 Å². The van der Waals surface area contributed by atoms with Crippen LogP contribution in [0.1, 0.15) is 36.9 Å². The van der Waals surface area contributed by atoms with Crippen molar-refractivity contribution in [3.05, 3.63) is 45.9 Å². The fourth-order valence-electron chi connectivity index (χ4n) is 3.13. The van der Waals surface area contributed by atoms with Crippen LogP contribution in [0.5, 0.6) is 5.75 Å². The zero-order chi connectivity index (χ0) is 19.9. The first kappa shape index (κ1) is 19.5. The third-order valence-corrected chi connectivity index (χ3v) is 4.73. The van der Waals surface area contributed by atoms with E-state index in [-0.39, 0.29) is 5.41 Å². The molecule has 0 aliphatic heterocycles. The van der Waals surface area contributed by atoms with Gasteiger partial charge >= 0.3 is 0 Å². The van der Waals surface area contributed by atoms with Gasteiger partial charge in [0.25, 0.3) is 5.91 Å². The SMILES string of the molecule is COc1ccc(-c2c(Cl)cncc2Cl)c2c(C(N)=O)c(CC(C)(C)C)oc12. The number of halogens is 2. The summed E-state index contributed by atoms with van der Waals surface area (Å²) in [5.41, 5.74) is 7.58. The molecule has 0 radical (unpaired) electrons. The lowest BCUT2D eigenvalue weighted by Gasteiger charge is -2.16. The van der Waals surface area contributed by atoms with E-state index in [0.29, 0.717) is 55.6 Å². The van der Waals surface area contributed by atoms with E-state index in [4.69, 9.17) is 38.1 Å². The topological polar surface area (TPSA) is 78.4 Å². The van der Waals surface area contributed by atoms with Gasteiger partial charge in [0.15, 0.2) is 11.3 Å². The molecule has 3 rings (SSSR count). The van der Waals surface area contributed by atoms with Gasteiger partial charge in [-0.3, -0.25) is 9.78 Å². The Kier molecular flexibility index (Phi) is 5.10. The fraction of sp³-hybridized carbons (Fsp3) is 0.300. The number of carbonyl (C=O) groups is 1. The molecular weight excluding hydrogens is 387 g/mol. The standard InChI is InChI=1S/C20H20Cl2N2O3/c1-20(2,3)7-14-17(19(23)25)16-10(5-6-13(26-4)18(16)27-14)15-11(21)8-24-9-12(15)22/h5-6,8-9H,7H2,1-4H3,(H2,23,25). The number of pyridine rings is 1. The van der Waals surface area contributed by atoms with Gasteiger partial charge < -0.3 is 14.9 Å². The number of aromatic nitrogens is 1. The van der Waals surface area contributed by atoms with Crippen molar-refractivity contribution in [3.63, 3.8) is 0 Å². The lowest BCUT2D eigenvalue weighted by molar-refractivity contribution is 0.0999. The molecule has 0 unspecified atom stereocenters. The van der Waals surface area contributed by atoms with Gasteiger partial charge in [-0.15, -0.1) is 0 Å². The number of furan rings is 1. The van der Waals surface area contributed by atoms with Crippen molar-refractivity contribution < 1.29 is 13.9 Å². The van der Waals surface area contributed by atoms with E-state index in [9.17, 15) is 4.79 Å². The maximum absolute atomic E-state index is 12.4. The Morgan fingerprint density at radius 2 is 1.85 bits per heavy atom. The number of hydrogen-bond donors (Lipinski definition) is 1. The van der Waals surface area contributed by atoms with Gasteiger partial charge in [-0.2, -0.15) is 0 Å². The van der Waals surface area contributed by atoms with Crippen LogP contribution in [-0.2, 0) is 6.42 Å². The Labute approximate surface area is 167 Å². The highest BCUT2D eigenvalue weighted by Crippen LogP contribution is 2.44. The molecule has 2 heterocycles. The van der Waals surface area contributed by atoms with Gasteiger partial charge in [0.05, 0.1) is 22.7 Å². The Bertz CT molecular complexity index is 1020. The minimum atomic E-state index is -0.580. The summed E-state index contributed by atoms with van der Waals surface area (Å²) in [5, 5.41) is 1.27. The number of primary amides is 1. The van der Waals surface area contributed by atoms with Crippen molar-refractivity contribution in [3.8, 4) is 16.9 Å². The number of amides is 1. The van der Waals surface area contributed by atoms with Crippen LogP contribution in [0.2, 0.25) is 10.0 Å². The molecule has 0 fully saturated rings. The number of ether oxygens (including phenoxy) is 1. The first-order valence-electron chi connectivity index (χ1n) is 8.35. The molecule has 3 aromatic rings. The predicted octanol–water partition coefficient (Wildman–Crippen LogP) is 5.50. The van der Waals surface area contributed by atoms with Gasteiger partial charge in [-0.05, 0) is 23.1 Å². The molecule has 0 bridgehead atoms. The lowest BCUT2D eigenvalue weighted by atomic mass is 9.88. The summed E-state index contributed by atoms with van der Waals surface area (Å²) in [6.45, 7) is 6.17. The molecule has 5 nitrogen and oxygen atoms in total. The number of carbonyl (C=O) groups excluding carboxylic acids is 1. The van der Waals surface area contributed by atoms with Crippen molar-refractivity contribution in [2.75, 3.05) is 7.11 Å². The van der Waals surface area contributed by atoms with Crippen LogP contribution < -0.4 is 10.5 Å². The molecule has 27 heavy (non-hydrogen) atoms. The number of hydrogen-bond acceptors (Lipinski definition) is 4. The third kappa shape index (κ3) is 3.62. The number of rotatable bonds is 4. The summed E-state index contributed by atoms with van der Waals surface area (Å²) < 4.78 is 11.5. The zero-order valence-electron chi connectivity index (χ0n) is 15.5. The molecule has 2 N–H and O–H groups in total. The molecule has 2 aromatic heterocycles. The minimum Gasteiger partial charge on any atom is -0.493 e. The molecule has 0 aliphatic carbocycles. The van der Waals surface area contributed by atoms with Gasteiger partial charge in [0, 0.05) is 29.8 Å². The molecule has 0 saturated heterocycles. The van der Waals surface area contributed by atoms with Crippen LogP contribution in [0.25, 0.3) is 22.1 Å². The largest absolute Gasteiger partial charge is 0.493 e. The number of fused-ring (bicyclic) bond motifs is 1. The van der Waals surface area contributed by atoms with E-state index in [1.54, 1.807) is 12.1 Å². The number of nitrogens with two attached hydrogens (primary N) is 1. The van der Waals surface area contributed by atoms with Gasteiger partial charge in [0.2, 0.25) is 0 Å². The highest BCUT2D eigenvalue weighted by Gasteiger charge is 2.28. The molecule has 0 saturated carbocycles. The Balaban J connectivity index is 2.45. The van der Waals surface area contributed by atoms with Gasteiger partial charge in [-0.25, -0.2) is 0 Å². The van der Waals surface area contributed by atoms with E-state index in [1.165, 1.54) is 19.5 Å². The van der Waals surface area contributed by atoms with Crippen molar-refractivity contribution in [2.24, 2.45) is 11.1 Å². The zero-order valence-corrected chi connectivity index (χ0v) is 17.0. The second-order valence-electron chi connectivity index (χ2n) is 7.50. The first-order chi connectivity index (χ1) is 12.6. The Morgan fingerprint density at radius 3 is 2.37 bits per heavy atom. The van der Waals surface area contributed by atoms with E-state index in [0.717, 1.165) is 0 Å². The minimum absolute atomic E-state index is 0.114. The average Bonchev–Trinajstić information content (AvgIpc) is 2.91. The lowest BCUT2D eigenvalue weighted by Crippen LogP contribution is -2.16. The van der Waals surface area contributed by atoms with Crippen molar-refractivity contribution in [1.29, 1.82) is 0 Å². The number of nitrogens with zero attached hydrogens (tertiary/aromatic N) is 1. The smallest absolute Gasteiger partial charge is 0.252 e. The number of methoxy groups -OCH3 is 1. The quantitative estimate of drug-likeness (QED) is 0.620. The summed E-state index contributed by atoms with van der Waals surface area (Å²) in [4.78, 5) is 16.4. The predicted molar refractivity (Wildman–Crippen MR) is 108 cm³/mol. The van der Waals surface area contributed by atoms with E-state index in [2.05, 4.69) is 25.8 Å². The van der Waals surface area contributed by atoms with Gasteiger partial charge in [0.1, 0.15) is 5.76 Å². The van der Waals surface area contributed by atoms with E-state index < -0.39 is 5.91 Å². The van der Waals surface area contributed by atoms with Crippen molar-refractivity contribution >= 4 is 40.1 Å². The Hall–Kier alpha value is -2.24. The van der Waals surface area contributed by atoms with Crippen LogP contribution in [0.4, 0.5) is 0 Å². The fourth-order valence-corrected chi connectivity index (χ4v) is 3.70. The van der Waals surface area contributed by atoms with E-state index >= 15 is 0 Å². The van der Waals surface area contributed by atoms with Crippen molar-refractivity contribution in [1.82, 2.24) is 4.98 Å². The second-order valence-corrected chi connectivity index (χ2v) is 8.31. The van der Waals surface area contributed by atoms with Crippen molar-refractivity contribution in [2.45, 2.75) is 27.2 Å². The molecule has 0 atom stereocenters. The molecule has 0 spiro atoms. The van der Waals surface area contributed by atoms with E-state index in [1.807, 2.05) is 0 Å². The second kappa shape index (κ2) is 7.06. The summed E-state index contributed by atoms with van der Waals surface area (Å²) >= 11 is 12.7. The van der Waals surface area contributed by atoms with Gasteiger partial charge in [-0.1, -0.05) is 44.0 Å². The molecular formula is C20H20Cl2N2O3. The van der Waals surface area contributed by atoms with Crippen LogP contribution in [-0.4, -0.2) is 18.0 Å². The summed E-state index contributed by atoms with van der Waals surface area (Å²) in [6.07, 6.45) is 3.53. The summed E-state index contributed by atoms with van der Waals surface area (Å²) in [5.74, 6) is 0.429. The maximum Gasteiger partial charge on any atom is 0.252 e.